The molecule has 2 fully saturated rings. The molecular weight excluding hydrogens is 394 g/mol. The van der Waals surface area contributed by atoms with E-state index >= 15 is 0 Å². The van der Waals surface area contributed by atoms with Gasteiger partial charge in [-0.2, -0.15) is 0 Å². The highest BCUT2D eigenvalue weighted by atomic mass is 35.5. The van der Waals surface area contributed by atoms with Crippen LogP contribution < -0.4 is 15.8 Å². The molecule has 3 N–H and O–H groups in total. The summed E-state index contributed by atoms with van der Waals surface area (Å²) in [6.45, 7) is 6.91. The van der Waals surface area contributed by atoms with Gasteiger partial charge >= 0.3 is 6.09 Å². The minimum Gasteiger partial charge on any atom is -0.492 e. The SMILES string of the molecule is CC(C)(C)OC(=O)N1CC2C(CNC(=O)c3cccc4c3OCCC4)C2(Cl)C1N. The van der Waals surface area contributed by atoms with Crippen LogP contribution in [-0.2, 0) is 11.2 Å². The number of halogens is 1. The van der Waals surface area contributed by atoms with E-state index in [0.29, 0.717) is 31.0 Å². The van der Waals surface area contributed by atoms with Crippen LogP contribution >= 0.6 is 11.6 Å². The van der Waals surface area contributed by atoms with E-state index in [1.54, 1.807) is 6.07 Å². The molecule has 2 amide bonds. The summed E-state index contributed by atoms with van der Waals surface area (Å²) in [6.07, 6.45) is 0.788. The first kappa shape index (κ1) is 20.3. The summed E-state index contributed by atoms with van der Waals surface area (Å²) >= 11 is 6.76. The van der Waals surface area contributed by atoms with Crippen molar-refractivity contribution in [2.75, 3.05) is 19.7 Å². The number of carbonyl (C=O) groups excluding carboxylic acids is 2. The molecule has 4 unspecified atom stereocenters. The summed E-state index contributed by atoms with van der Waals surface area (Å²) in [5, 5.41) is 2.97. The minimum absolute atomic E-state index is 0.0160. The Morgan fingerprint density at radius 1 is 1.41 bits per heavy atom. The van der Waals surface area contributed by atoms with E-state index < -0.39 is 22.7 Å². The topological polar surface area (TPSA) is 93.9 Å². The fourth-order valence-electron chi connectivity index (χ4n) is 4.47. The summed E-state index contributed by atoms with van der Waals surface area (Å²) < 4.78 is 11.1. The lowest BCUT2D eigenvalue weighted by atomic mass is 10.0. The molecule has 1 aromatic carbocycles. The van der Waals surface area contributed by atoms with Gasteiger partial charge < -0.3 is 20.5 Å². The van der Waals surface area contributed by atoms with Gasteiger partial charge in [0.05, 0.1) is 17.0 Å². The molecule has 0 aromatic heterocycles. The van der Waals surface area contributed by atoms with Crippen LogP contribution in [0.2, 0.25) is 0 Å². The smallest absolute Gasteiger partial charge is 0.411 e. The lowest BCUT2D eigenvalue weighted by Gasteiger charge is -2.30. The van der Waals surface area contributed by atoms with Crippen LogP contribution in [0.1, 0.15) is 43.1 Å². The van der Waals surface area contributed by atoms with E-state index in [2.05, 4.69) is 5.32 Å². The van der Waals surface area contributed by atoms with E-state index in [0.717, 1.165) is 18.4 Å². The third-order valence-corrected chi connectivity index (χ3v) is 6.77. The average molecular weight is 422 g/mol. The normalized spacial score (nSPS) is 30.1. The van der Waals surface area contributed by atoms with Gasteiger partial charge in [0, 0.05) is 24.9 Å². The Hall–Kier alpha value is -1.99. The monoisotopic (exact) mass is 421 g/mol. The maximum Gasteiger partial charge on any atom is 0.411 e. The average Bonchev–Trinajstić information content (AvgIpc) is 3.14. The molecule has 2 aliphatic heterocycles. The number of carbonyl (C=O) groups is 2. The van der Waals surface area contributed by atoms with Crippen LogP contribution in [-0.4, -0.2) is 53.2 Å². The molecule has 29 heavy (non-hydrogen) atoms. The highest BCUT2D eigenvalue weighted by Crippen LogP contribution is 2.62. The molecule has 2 heterocycles. The molecule has 3 aliphatic rings. The number of likely N-dealkylation sites (tertiary alicyclic amines) is 1. The number of rotatable bonds is 3. The highest BCUT2D eigenvalue weighted by molar-refractivity contribution is 6.27. The quantitative estimate of drug-likeness (QED) is 0.731. The molecule has 1 saturated heterocycles. The zero-order chi connectivity index (χ0) is 21.0. The van der Waals surface area contributed by atoms with Crippen LogP contribution in [0.3, 0.4) is 0 Å². The van der Waals surface area contributed by atoms with Crippen molar-refractivity contribution in [2.45, 2.75) is 50.3 Å². The second kappa shape index (κ2) is 7.06. The van der Waals surface area contributed by atoms with Gasteiger partial charge in [-0.15, -0.1) is 11.6 Å². The molecule has 158 valence electrons. The first-order chi connectivity index (χ1) is 13.6. The Bertz CT molecular complexity index is 840. The van der Waals surface area contributed by atoms with Crippen molar-refractivity contribution in [1.82, 2.24) is 10.2 Å². The van der Waals surface area contributed by atoms with Crippen molar-refractivity contribution >= 4 is 23.6 Å². The first-order valence-electron chi connectivity index (χ1n) is 10.1. The van der Waals surface area contributed by atoms with Gasteiger partial charge in [-0.3, -0.25) is 9.69 Å². The van der Waals surface area contributed by atoms with Crippen LogP contribution in [0.4, 0.5) is 4.79 Å². The van der Waals surface area contributed by atoms with E-state index in [9.17, 15) is 9.59 Å². The Balaban J connectivity index is 1.36. The van der Waals surface area contributed by atoms with Gasteiger partial charge in [-0.25, -0.2) is 4.79 Å². The van der Waals surface area contributed by atoms with E-state index in [1.165, 1.54) is 4.90 Å². The lowest BCUT2D eigenvalue weighted by Crippen LogP contribution is -2.51. The second-order valence-electron chi connectivity index (χ2n) is 9.07. The number of piperidine rings is 1. The number of aryl methyl sites for hydroxylation is 1. The van der Waals surface area contributed by atoms with Gasteiger partial charge in [0.15, 0.2) is 0 Å². The molecule has 0 spiro atoms. The van der Waals surface area contributed by atoms with Crippen LogP contribution in [0.15, 0.2) is 18.2 Å². The van der Waals surface area contributed by atoms with Crippen molar-refractivity contribution in [3.63, 3.8) is 0 Å². The number of nitrogens with zero attached hydrogens (tertiary/aromatic N) is 1. The van der Waals surface area contributed by atoms with Gasteiger partial charge in [0.2, 0.25) is 0 Å². The Kier molecular flexibility index (Phi) is 4.94. The number of para-hydroxylation sites is 1. The van der Waals surface area contributed by atoms with Gasteiger partial charge in [0.1, 0.15) is 17.5 Å². The van der Waals surface area contributed by atoms with Crippen LogP contribution in [0.5, 0.6) is 5.75 Å². The fourth-order valence-corrected chi connectivity index (χ4v) is 4.97. The zero-order valence-electron chi connectivity index (χ0n) is 17.0. The van der Waals surface area contributed by atoms with Crippen molar-refractivity contribution in [1.29, 1.82) is 0 Å². The molecular formula is C21H28ClN3O4. The second-order valence-corrected chi connectivity index (χ2v) is 9.73. The highest BCUT2D eigenvalue weighted by Gasteiger charge is 2.73. The number of nitrogens with one attached hydrogen (secondary N) is 1. The summed E-state index contributed by atoms with van der Waals surface area (Å²) in [5.74, 6) is 0.558. The van der Waals surface area contributed by atoms with E-state index in [-0.39, 0.29) is 17.7 Å². The Labute approximate surface area is 175 Å². The Morgan fingerprint density at radius 2 is 2.17 bits per heavy atom. The van der Waals surface area contributed by atoms with E-state index in [4.69, 9.17) is 26.8 Å². The molecule has 0 bridgehead atoms. The van der Waals surface area contributed by atoms with E-state index in [1.807, 2.05) is 32.9 Å². The molecule has 7 nitrogen and oxygen atoms in total. The van der Waals surface area contributed by atoms with Gasteiger partial charge in [-0.05, 0) is 45.2 Å². The van der Waals surface area contributed by atoms with Crippen molar-refractivity contribution in [3.05, 3.63) is 29.3 Å². The number of benzene rings is 1. The standard InChI is InChI=1S/C21H28ClN3O4/c1-20(2,3)29-19(27)25-11-15-14(21(15,22)18(25)23)10-24-17(26)13-8-4-6-12-7-5-9-28-16(12)13/h4,6,8,14-15,18H,5,7,9-11,23H2,1-3H3,(H,24,26). The molecule has 4 atom stereocenters. The number of hydrogen-bond acceptors (Lipinski definition) is 5. The predicted molar refractivity (Wildman–Crippen MR) is 109 cm³/mol. The van der Waals surface area contributed by atoms with Crippen molar-refractivity contribution in [2.24, 2.45) is 17.6 Å². The molecule has 4 rings (SSSR count). The third kappa shape index (κ3) is 3.55. The molecule has 1 saturated carbocycles. The Morgan fingerprint density at radius 3 is 2.83 bits per heavy atom. The van der Waals surface area contributed by atoms with Crippen LogP contribution in [0, 0.1) is 11.8 Å². The fraction of sp³-hybridized carbons (Fsp3) is 0.619. The maximum absolute atomic E-state index is 12.7. The van der Waals surface area contributed by atoms with Gasteiger partial charge in [0.25, 0.3) is 5.91 Å². The predicted octanol–water partition coefficient (Wildman–Crippen LogP) is 2.50. The maximum atomic E-state index is 12.7. The third-order valence-electron chi connectivity index (χ3n) is 5.98. The number of amides is 2. The van der Waals surface area contributed by atoms with Crippen molar-refractivity contribution in [3.8, 4) is 5.75 Å². The molecule has 8 heteroatoms. The van der Waals surface area contributed by atoms with Crippen LogP contribution in [0.25, 0.3) is 0 Å². The number of fused-ring (bicyclic) bond motifs is 2. The number of alkyl halides is 1. The summed E-state index contributed by atoms with van der Waals surface area (Å²) in [7, 11) is 0. The summed E-state index contributed by atoms with van der Waals surface area (Å²) in [4.78, 5) is 25.9. The lowest BCUT2D eigenvalue weighted by molar-refractivity contribution is 0.0190. The van der Waals surface area contributed by atoms with Crippen molar-refractivity contribution < 1.29 is 19.1 Å². The number of ether oxygens (including phenoxy) is 2. The summed E-state index contributed by atoms with van der Waals surface area (Å²) in [6, 6.07) is 5.65. The minimum atomic E-state index is -0.725. The number of hydrogen-bond donors (Lipinski definition) is 2. The molecule has 0 radical (unpaired) electrons. The largest absolute Gasteiger partial charge is 0.492 e. The molecule has 1 aromatic rings. The molecule has 1 aliphatic carbocycles. The summed E-state index contributed by atoms with van der Waals surface area (Å²) in [5.41, 5.74) is 7.31. The zero-order valence-corrected chi connectivity index (χ0v) is 17.8. The number of nitrogens with two attached hydrogens (primary N) is 1. The first-order valence-corrected chi connectivity index (χ1v) is 10.5. The van der Waals surface area contributed by atoms with Gasteiger partial charge in [-0.1, -0.05) is 12.1 Å².